The van der Waals surface area contributed by atoms with E-state index in [2.05, 4.69) is 21.1 Å². The van der Waals surface area contributed by atoms with Gasteiger partial charge in [-0.05, 0) is 67.9 Å². The minimum atomic E-state index is -1.07. The molecule has 53 heavy (non-hydrogen) atoms. The predicted molar refractivity (Wildman–Crippen MR) is 199 cm³/mol. The van der Waals surface area contributed by atoms with Gasteiger partial charge < -0.3 is 30.4 Å². The molecule has 1 spiro atoms. The van der Waals surface area contributed by atoms with Crippen molar-refractivity contribution in [1.82, 2.24) is 20.9 Å². The molecular formula is C40H50ClN5O7. The van der Waals surface area contributed by atoms with Crippen LogP contribution in [0.4, 0.5) is 0 Å². The van der Waals surface area contributed by atoms with E-state index in [0.29, 0.717) is 35.7 Å². The number of rotatable bonds is 15. The maximum Gasteiger partial charge on any atom is 0.289 e. The summed E-state index contributed by atoms with van der Waals surface area (Å²) >= 11 is 6.28. The van der Waals surface area contributed by atoms with Crippen molar-refractivity contribution in [1.29, 1.82) is 0 Å². The first kappa shape index (κ1) is 38.3. The average Bonchev–Trinajstić information content (AvgIpc) is 3.75. The van der Waals surface area contributed by atoms with E-state index in [0.717, 1.165) is 56.1 Å². The Labute approximate surface area is 315 Å². The van der Waals surface area contributed by atoms with Crippen LogP contribution in [0.5, 0.6) is 5.75 Å². The van der Waals surface area contributed by atoms with Gasteiger partial charge in [0.2, 0.25) is 23.5 Å². The molecule has 12 nitrogen and oxygen atoms in total. The maximum absolute atomic E-state index is 14.8. The molecule has 3 fully saturated rings. The Hall–Kier alpha value is -4.45. The summed E-state index contributed by atoms with van der Waals surface area (Å²) in [5, 5.41) is 13.5. The van der Waals surface area contributed by atoms with Crippen LogP contribution in [0.1, 0.15) is 95.1 Å². The van der Waals surface area contributed by atoms with Crippen LogP contribution in [0, 0.1) is 5.92 Å². The van der Waals surface area contributed by atoms with Crippen LogP contribution in [-0.2, 0) is 35.2 Å². The highest BCUT2D eigenvalue weighted by Crippen LogP contribution is 2.40. The summed E-state index contributed by atoms with van der Waals surface area (Å²) in [5.41, 5.74) is 1.16. The van der Waals surface area contributed by atoms with E-state index in [1.807, 2.05) is 31.2 Å². The zero-order chi connectivity index (χ0) is 37.5. The summed E-state index contributed by atoms with van der Waals surface area (Å²) < 4.78 is 5.32. The number of amides is 4. The summed E-state index contributed by atoms with van der Waals surface area (Å²) in [6.07, 6.45) is 8.62. The minimum absolute atomic E-state index is 0.0172. The second kappa shape index (κ2) is 17.1. The van der Waals surface area contributed by atoms with Crippen LogP contribution in [0.2, 0.25) is 5.02 Å². The first-order valence-corrected chi connectivity index (χ1v) is 19.3. The third-order valence-electron chi connectivity index (χ3n) is 10.8. The third kappa shape index (κ3) is 9.76. The number of Topliss-reactive ketones (excluding diaryl/α,β-unsaturated/α-hetero) is 1. The van der Waals surface area contributed by atoms with Crippen molar-refractivity contribution in [3.63, 3.8) is 0 Å². The number of nitrogens with zero attached hydrogens (tertiary/aromatic N) is 2. The highest BCUT2D eigenvalue weighted by atomic mass is 35.5. The quantitative estimate of drug-likeness (QED) is 0.224. The molecule has 13 heteroatoms. The number of oxime groups is 1. The van der Waals surface area contributed by atoms with E-state index < -0.39 is 47.2 Å². The predicted octanol–water partition coefficient (Wildman–Crippen LogP) is 4.64. The average molecular weight is 748 g/mol. The molecule has 3 N–H and O–H groups in total. The van der Waals surface area contributed by atoms with Crippen molar-refractivity contribution < 1.29 is 33.5 Å². The normalized spacial score (nSPS) is 22.4. The number of halogens is 1. The van der Waals surface area contributed by atoms with Crippen LogP contribution in [0.3, 0.4) is 0 Å². The number of ketones is 1. The van der Waals surface area contributed by atoms with E-state index in [4.69, 9.17) is 21.2 Å². The topological polar surface area (TPSA) is 156 Å². The highest BCUT2D eigenvalue weighted by Gasteiger charge is 2.55. The lowest BCUT2D eigenvalue weighted by Crippen LogP contribution is -2.57. The Kier molecular flexibility index (Phi) is 12.4. The van der Waals surface area contributed by atoms with E-state index >= 15 is 0 Å². The van der Waals surface area contributed by atoms with E-state index in [1.165, 1.54) is 4.90 Å². The van der Waals surface area contributed by atoms with Gasteiger partial charge >= 0.3 is 0 Å². The number of hydrogen-bond acceptors (Lipinski definition) is 8. The number of carbonyl (C=O) groups is 5. The smallest absolute Gasteiger partial charge is 0.289 e. The molecule has 1 saturated heterocycles. The SMILES string of the molecule is CCC[C@H](NC(=O)[C@@H]1C[C@]2(CC(c3cccc(Cl)c3)=NO2)CN1C(=O)[C@H](Cc1ccc(OC)cc1)NC(=O)CC1CCCCC1)C(=O)C(=O)NC1CC1. The van der Waals surface area contributed by atoms with Gasteiger partial charge in [-0.3, -0.25) is 24.0 Å². The van der Waals surface area contributed by atoms with Crippen molar-refractivity contribution in [2.75, 3.05) is 13.7 Å². The standard InChI is InChI=1S/C40H50ClN5O7/c1-3-8-31(36(48)38(50)42-29-15-16-29)44-37(49)34-23-40(22-33(45-53-40)27-11-7-12-28(41)21-27)24-46(34)39(51)32(19-26-13-17-30(52-2)18-14-26)43-35(47)20-25-9-5-4-6-10-25/h7,11-14,17-18,21,25,29,31-32,34H,3-6,8-10,15-16,19-20,22-24H2,1-2H3,(H,42,50)(H,43,47)(H,44,49)/t31-,32-,34-,40+/m0/s1. The third-order valence-corrected chi connectivity index (χ3v) is 11.0. The molecule has 4 atom stereocenters. The van der Waals surface area contributed by atoms with Gasteiger partial charge in [0, 0.05) is 42.3 Å². The lowest BCUT2D eigenvalue weighted by Gasteiger charge is -2.30. The molecule has 2 aromatic carbocycles. The first-order valence-electron chi connectivity index (χ1n) is 18.9. The van der Waals surface area contributed by atoms with Gasteiger partial charge in [-0.1, -0.05) is 73.6 Å². The number of methoxy groups -OCH3 is 1. The Morgan fingerprint density at radius 1 is 1.00 bits per heavy atom. The summed E-state index contributed by atoms with van der Waals surface area (Å²) in [6, 6.07) is 11.4. The number of carbonyl (C=O) groups excluding carboxylic acids is 5. The van der Waals surface area contributed by atoms with Gasteiger partial charge in [-0.15, -0.1) is 0 Å². The zero-order valence-electron chi connectivity index (χ0n) is 30.5. The minimum Gasteiger partial charge on any atom is -0.497 e. The van der Waals surface area contributed by atoms with Crippen molar-refractivity contribution in [3.8, 4) is 5.75 Å². The highest BCUT2D eigenvalue weighted by molar-refractivity contribution is 6.38. The molecule has 4 aliphatic rings. The van der Waals surface area contributed by atoms with Gasteiger partial charge in [-0.25, -0.2) is 0 Å². The molecule has 0 bridgehead atoms. The van der Waals surface area contributed by atoms with Crippen molar-refractivity contribution in [3.05, 3.63) is 64.7 Å². The maximum atomic E-state index is 14.8. The van der Waals surface area contributed by atoms with Gasteiger partial charge in [0.1, 0.15) is 17.8 Å². The molecule has 2 saturated carbocycles. The van der Waals surface area contributed by atoms with Crippen LogP contribution < -0.4 is 20.7 Å². The summed E-state index contributed by atoms with van der Waals surface area (Å²) in [7, 11) is 1.58. The van der Waals surface area contributed by atoms with Crippen LogP contribution in [-0.4, -0.2) is 83.4 Å². The lowest BCUT2D eigenvalue weighted by molar-refractivity contribution is -0.143. The molecule has 4 amide bonds. The van der Waals surface area contributed by atoms with Gasteiger partial charge in [-0.2, -0.15) is 0 Å². The molecule has 284 valence electrons. The molecule has 2 aliphatic heterocycles. The van der Waals surface area contributed by atoms with Crippen molar-refractivity contribution in [2.24, 2.45) is 11.1 Å². The lowest BCUT2D eigenvalue weighted by atomic mass is 9.86. The number of nitrogens with one attached hydrogen (secondary N) is 3. The first-order chi connectivity index (χ1) is 25.6. The fraction of sp³-hybridized carbons (Fsp3) is 0.550. The van der Waals surface area contributed by atoms with Gasteiger partial charge in [0.05, 0.1) is 25.4 Å². The molecule has 2 aromatic rings. The van der Waals surface area contributed by atoms with Crippen molar-refractivity contribution in [2.45, 2.75) is 120 Å². The fourth-order valence-electron chi connectivity index (χ4n) is 7.72. The summed E-state index contributed by atoms with van der Waals surface area (Å²) in [4.78, 5) is 76.2. The number of ether oxygens (including phenoxy) is 1. The number of hydrogen-bond donors (Lipinski definition) is 3. The fourth-order valence-corrected chi connectivity index (χ4v) is 7.91. The molecule has 2 aliphatic carbocycles. The molecule has 0 radical (unpaired) electrons. The summed E-state index contributed by atoms with van der Waals surface area (Å²) in [5.74, 6) is -1.75. The Bertz CT molecular complexity index is 1710. The number of likely N-dealkylation sites (tertiary alicyclic amines) is 1. The van der Waals surface area contributed by atoms with Crippen LogP contribution >= 0.6 is 11.6 Å². The Morgan fingerprint density at radius 3 is 2.43 bits per heavy atom. The molecule has 6 rings (SSSR count). The molecule has 2 heterocycles. The second-order valence-electron chi connectivity index (χ2n) is 15.0. The van der Waals surface area contributed by atoms with Crippen molar-refractivity contribution >= 4 is 46.7 Å². The number of benzene rings is 2. The molecule has 0 unspecified atom stereocenters. The Morgan fingerprint density at radius 2 is 1.75 bits per heavy atom. The monoisotopic (exact) mass is 747 g/mol. The van der Waals surface area contributed by atoms with E-state index in [9.17, 15) is 24.0 Å². The Balaban J connectivity index is 1.27. The van der Waals surface area contributed by atoms with E-state index in [1.54, 1.807) is 31.4 Å². The van der Waals surface area contributed by atoms with Crippen LogP contribution in [0.25, 0.3) is 0 Å². The largest absolute Gasteiger partial charge is 0.497 e. The van der Waals surface area contributed by atoms with Gasteiger partial charge in [0.25, 0.3) is 5.91 Å². The van der Waals surface area contributed by atoms with Crippen LogP contribution in [0.15, 0.2) is 53.7 Å². The second-order valence-corrected chi connectivity index (χ2v) is 15.5. The van der Waals surface area contributed by atoms with Gasteiger partial charge in [0.15, 0.2) is 5.60 Å². The molecular weight excluding hydrogens is 698 g/mol. The summed E-state index contributed by atoms with van der Waals surface area (Å²) in [6.45, 7) is 1.89. The zero-order valence-corrected chi connectivity index (χ0v) is 31.3. The van der Waals surface area contributed by atoms with E-state index in [-0.39, 0.29) is 43.7 Å². The molecule has 0 aromatic heterocycles.